The van der Waals surface area contributed by atoms with Crippen LogP contribution in [0.25, 0.3) is 57.4 Å². The molecule has 3 aromatic carbocycles. The fourth-order valence-electron chi connectivity index (χ4n) is 8.32. The number of anilines is 3. The van der Waals surface area contributed by atoms with E-state index < -0.39 is 14.7 Å². The average Bonchev–Trinajstić information content (AvgIpc) is 3.85. The third kappa shape index (κ3) is 10.1. The van der Waals surface area contributed by atoms with E-state index in [1.54, 1.807) is 12.1 Å². The second kappa shape index (κ2) is 20.4. The Hall–Kier alpha value is -7.95. The Morgan fingerprint density at radius 2 is 1.03 bits per heavy atom. The van der Waals surface area contributed by atoms with Crippen LogP contribution < -0.4 is 16.0 Å². The van der Waals surface area contributed by atoms with Crippen molar-refractivity contribution in [3.63, 3.8) is 0 Å². The van der Waals surface area contributed by atoms with Crippen LogP contribution >= 0.6 is 35.3 Å². The van der Waals surface area contributed by atoms with Gasteiger partial charge in [0.2, 0.25) is 41.1 Å². The molecular weight excluding hydrogens is 1010 g/mol. The molecule has 2 saturated carbocycles. The summed E-state index contributed by atoms with van der Waals surface area (Å²) in [6.45, 7) is 8.34. The monoisotopic (exact) mass is 1060 g/mol. The van der Waals surface area contributed by atoms with Crippen LogP contribution in [-0.2, 0) is 27.5 Å². The van der Waals surface area contributed by atoms with Crippen molar-refractivity contribution in [1.82, 2.24) is 44.3 Å². The van der Waals surface area contributed by atoms with Gasteiger partial charge in [-0.2, -0.15) is 0 Å². The minimum atomic E-state index is -0.788. The fraction of sp³-hybridized carbons (Fsp3) is 0.245. The van der Waals surface area contributed by atoms with Crippen molar-refractivity contribution in [2.24, 2.45) is 0 Å². The molecule has 19 nitrogen and oxygen atoms in total. The zero-order valence-electron chi connectivity index (χ0n) is 41.0. The van der Waals surface area contributed by atoms with Crippen molar-refractivity contribution in [3.8, 4) is 57.4 Å². The Morgan fingerprint density at radius 3 is 1.55 bits per heavy atom. The second-order valence-electron chi connectivity index (χ2n) is 17.9. The second-order valence-corrected chi connectivity index (χ2v) is 21.9. The highest BCUT2D eigenvalue weighted by atomic mass is 32.2. The lowest BCUT2D eigenvalue weighted by Gasteiger charge is -2.15. The summed E-state index contributed by atoms with van der Waals surface area (Å²) in [5.74, 6) is 3.35. The van der Waals surface area contributed by atoms with Crippen LogP contribution in [0.5, 0.6) is 0 Å². The number of amides is 3. The van der Waals surface area contributed by atoms with Gasteiger partial charge in [-0.15, -0.1) is 30.6 Å². The molecule has 1 atom stereocenters. The number of nitrogens with zero attached hydrogens (tertiary/aromatic N) is 9. The minimum Gasteiger partial charge on any atom is -0.461 e. The first-order valence-electron chi connectivity index (χ1n) is 24.2. The van der Waals surface area contributed by atoms with Crippen molar-refractivity contribution < 1.29 is 32.4 Å². The van der Waals surface area contributed by atoms with E-state index in [2.05, 4.69) is 46.5 Å². The smallest absolute Gasteiger partial charge is 0.241 e. The summed E-state index contributed by atoms with van der Waals surface area (Å²) < 4.78 is 21.9. The lowest BCUT2D eigenvalue weighted by atomic mass is 10.1. The van der Waals surface area contributed by atoms with Crippen LogP contribution in [0.1, 0.15) is 58.2 Å². The first-order valence-corrected chi connectivity index (χ1v) is 26.8. The molecule has 2 aliphatic carbocycles. The van der Waals surface area contributed by atoms with E-state index in [0.717, 1.165) is 29.7 Å². The molecule has 0 radical (unpaired) electrons. The average molecular weight is 1060 g/mol. The van der Waals surface area contributed by atoms with E-state index in [4.69, 9.17) is 13.3 Å². The van der Waals surface area contributed by atoms with Crippen molar-refractivity contribution in [3.05, 3.63) is 122 Å². The van der Waals surface area contributed by atoms with Crippen LogP contribution in [0.2, 0.25) is 0 Å². The molecule has 11 rings (SSSR count). The highest BCUT2D eigenvalue weighted by Crippen LogP contribution is 2.53. The van der Waals surface area contributed by atoms with Gasteiger partial charge in [0, 0.05) is 48.2 Å². The molecule has 2 aliphatic rings. The van der Waals surface area contributed by atoms with Gasteiger partial charge in [0.1, 0.15) is 21.0 Å². The van der Waals surface area contributed by atoms with Crippen molar-refractivity contribution in [2.45, 2.75) is 96.7 Å². The number of para-hydroxylation sites is 1. The SMILES string of the molecule is CCn1c(SC(C)C(=O)Nc2ccc(-c3ccc(-c4nnc(SC5(C(=O)Nc6ccccc6)CC5)n4CC)o3)cc2)nnc1-c1ccc(-c2ccc(NC(=O)C3(Sc4nnc(-c5ccco5)n4C(C)=O)CC3)cc2)o1. The Morgan fingerprint density at radius 1 is 0.547 bits per heavy atom. The number of hydrogen-bond donors (Lipinski definition) is 3. The van der Waals surface area contributed by atoms with Gasteiger partial charge in [-0.1, -0.05) is 53.5 Å². The van der Waals surface area contributed by atoms with Crippen molar-refractivity contribution >= 4 is 76.0 Å². The first-order chi connectivity index (χ1) is 36.4. The number of thioether (sulfide) groups is 3. The predicted molar refractivity (Wildman–Crippen MR) is 285 cm³/mol. The maximum absolute atomic E-state index is 13.6. The van der Waals surface area contributed by atoms with Crippen LogP contribution in [0, 0.1) is 0 Å². The van der Waals surface area contributed by atoms with E-state index in [0.29, 0.717) is 93.2 Å². The zero-order chi connectivity index (χ0) is 51.8. The predicted octanol–water partition coefficient (Wildman–Crippen LogP) is 10.9. The molecule has 1 unspecified atom stereocenters. The molecule has 9 aromatic rings. The molecule has 0 bridgehead atoms. The van der Waals surface area contributed by atoms with Gasteiger partial charge in [0.25, 0.3) is 0 Å². The summed E-state index contributed by atoms with van der Waals surface area (Å²) in [6, 6.07) is 35.0. The molecule has 0 aliphatic heterocycles. The summed E-state index contributed by atoms with van der Waals surface area (Å²) in [5.41, 5.74) is 3.59. The summed E-state index contributed by atoms with van der Waals surface area (Å²) in [6.07, 6.45) is 4.24. The summed E-state index contributed by atoms with van der Waals surface area (Å²) in [4.78, 5) is 53.0. The molecule has 3 amide bonds. The quantitative estimate of drug-likeness (QED) is 0.0638. The van der Waals surface area contributed by atoms with Crippen molar-refractivity contribution in [1.29, 1.82) is 0 Å². The third-order valence-corrected chi connectivity index (χ3v) is 16.7. The van der Waals surface area contributed by atoms with Gasteiger partial charge < -0.3 is 29.2 Å². The van der Waals surface area contributed by atoms with Gasteiger partial charge in [-0.3, -0.25) is 28.3 Å². The van der Waals surface area contributed by atoms with Crippen LogP contribution in [0.15, 0.2) is 150 Å². The van der Waals surface area contributed by atoms with Gasteiger partial charge in [0.15, 0.2) is 32.8 Å². The molecule has 2 fully saturated rings. The molecule has 6 heterocycles. The number of rotatable bonds is 19. The van der Waals surface area contributed by atoms with Gasteiger partial charge in [-0.25, -0.2) is 4.57 Å². The lowest BCUT2D eigenvalue weighted by Crippen LogP contribution is -2.27. The summed E-state index contributed by atoms with van der Waals surface area (Å²) in [5, 5.41) is 36.3. The largest absolute Gasteiger partial charge is 0.461 e. The molecule has 0 saturated heterocycles. The highest BCUT2D eigenvalue weighted by Gasteiger charge is 2.53. The topological polar surface area (TPSA) is 236 Å². The Bertz CT molecular complexity index is 3560. The summed E-state index contributed by atoms with van der Waals surface area (Å²) >= 11 is 3.95. The van der Waals surface area contributed by atoms with Crippen molar-refractivity contribution in [2.75, 3.05) is 16.0 Å². The van der Waals surface area contributed by atoms with Gasteiger partial charge in [0.05, 0.1) is 11.5 Å². The molecule has 0 spiro atoms. The maximum atomic E-state index is 13.6. The lowest BCUT2D eigenvalue weighted by molar-refractivity contribution is -0.117. The first kappa shape index (κ1) is 49.3. The molecular formula is C53H48N12O7S3. The van der Waals surface area contributed by atoms with Gasteiger partial charge >= 0.3 is 0 Å². The van der Waals surface area contributed by atoms with Crippen LogP contribution in [-0.4, -0.2) is 82.7 Å². The Kier molecular flexibility index (Phi) is 13.4. The van der Waals surface area contributed by atoms with E-state index in [1.807, 2.05) is 133 Å². The number of carbonyl (C=O) groups is 4. The minimum absolute atomic E-state index is 0.0407. The molecule has 75 heavy (non-hydrogen) atoms. The number of furan rings is 3. The highest BCUT2D eigenvalue weighted by molar-refractivity contribution is 8.02. The summed E-state index contributed by atoms with van der Waals surface area (Å²) in [7, 11) is 0. The number of benzene rings is 3. The normalized spacial score (nSPS) is 14.6. The van der Waals surface area contributed by atoms with Crippen LogP contribution in [0.3, 0.4) is 0 Å². The van der Waals surface area contributed by atoms with Gasteiger partial charge in [-0.05, 0) is 144 Å². The Labute approximate surface area is 442 Å². The van der Waals surface area contributed by atoms with Crippen LogP contribution in [0.4, 0.5) is 17.1 Å². The molecule has 22 heteroatoms. The number of hydrogen-bond acceptors (Lipinski definition) is 16. The third-order valence-electron chi connectivity index (χ3n) is 12.8. The molecule has 6 aromatic heterocycles. The number of nitrogens with one attached hydrogen (secondary N) is 3. The van der Waals surface area contributed by atoms with E-state index >= 15 is 0 Å². The zero-order valence-corrected chi connectivity index (χ0v) is 43.4. The molecule has 3 N–H and O–H groups in total. The van der Waals surface area contributed by atoms with E-state index in [1.165, 1.54) is 53.0 Å². The molecule has 380 valence electrons. The standard InChI is InChI=1S/C53H48N12O7S3/c1-5-63-43(41-24-22-39(71-41)34-16-20-37(21-17-34)56-48(69)53(28-29-53)75-51-62-59-45(65(51)32(4)66)40-13-10-30-70-40)57-60-49(63)73-31(3)46(67)54-36-18-14-33(15-19-36)38-23-25-42(72-38)44-58-61-50(64(44)6-2)74-52(26-27-52)47(68)55-35-11-8-7-9-12-35/h7-25,30-31H,5-6,26-29H2,1-4H3,(H,54,67)(H,55,68)(H,56,69). The van der Waals surface area contributed by atoms with E-state index in [9.17, 15) is 19.2 Å². The van der Waals surface area contributed by atoms with E-state index in [-0.39, 0.29) is 29.5 Å². The maximum Gasteiger partial charge on any atom is 0.241 e. The Balaban J connectivity index is 0.685. The number of aromatic nitrogens is 9. The fourth-order valence-corrected chi connectivity index (χ4v) is 11.6. The number of carbonyl (C=O) groups excluding carboxylic acids is 4.